The van der Waals surface area contributed by atoms with E-state index in [4.69, 9.17) is 5.11 Å². The fraction of sp³-hybridized carbons (Fsp3) is 0.727. The molecule has 6 heteroatoms. The van der Waals surface area contributed by atoms with E-state index >= 15 is 0 Å². The fourth-order valence-electron chi connectivity index (χ4n) is 1.66. The zero-order valence-corrected chi connectivity index (χ0v) is 9.77. The molecule has 0 bridgehead atoms. The zero-order chi connectivity index (χ0) is 12.8. The average molecular weight is 243 g/mol. The van der Waals surface area contributed by atoms with Crippen molar-refractivity contribution in [2.75, 3.05) is 7.11 Å². The summed E-state index contributed by atoms with van der Waals surface area (Å²) in [6.07, 6.45) is 3.15. The van der Waals surface area contributed by atoms with Crippen LogP contribution in [0.3, 0.4) is 0 Å². The molecule has 0 heterocycles. The van der Waals surface area contributed by atoms with Crippen LogP contribution < -0.4 is 5.32 Å². The Hall–Kier alpha value is -1.59. The second kappa shape index (κ2) is 6.22. The van der Waals surface area contributed by atoms with E-state index in [1.54, 1.807) is 0 Å². The van der Waals surface area contributed by atoms with Gasteiger partial charge in [-0.15, -0.1) is 0 Å². The van der Waals surface area contributed by atoms with Gasteiger partial charge in [0.05, 0.1) is 13.5 Å². The molecule has 1 atom stereocenters. The van der Waals surface area contributed by atoms with Gasteiger partial charge >= 0.3 is 11.9 Å². The molecule has 0 saturated heterocycles. The second-order valence-electron chi connectivity index (χ2n) is 4.24. The van der Waals surface area contributed by atoms with E-state index in [-0.39, 0.29) is 12.3 Å². The number of ether oxygens (including phenoxy) is 1. The first-order valence-electron chi connectivity index (χ1n) is 5.62. The molecule has 1 aliphatic carbocycles. The highest BCUT2D eigenvalue weighted by atomic mass is 16.5. The first-order valence-corrected chi connectivity index (χ1v) is 5.62. The summed E-state index contributed by atoms with van der Waals surface area (Å²) in [4.78, 5) is 33.3. The van der Waals surface area contributed by atoms with Crippen molar-refractivity contribution in [2.45, 2.75) is 38.1 Å². The fourth-order valence-corrected chi connectivity index (χ4v) is 1.66. The number of rotatable bonds is 6. The lowest BCUT2D eigenvalue weighted by molar-refractivity contribution is -0.148. The van der Waals surface area contributed by atoms with Crippen LogP contribution in [0.25, 0.3) is 0 Å². The van der Waals surface area contributed by atoms with Crippen LogP contribution in [0.1, 0.15) is 32.1 Å². The minimum atomic E-state index is -1.22. The van der Waals surface area contributed by atoms with Gasteiger partial charge in [0.25, 0.3) is 0 Å². The quantitative estimate of drug-likeness (QED) is 0.655. The summed E-state index contributed by atoms with van der Waals surface area (Å²) in [5.74, 6) is -1.83. The Morgan fingerprint density at radius 1 is 1.41 bits per heavy atom. The Labute approximate surface area is 99.3 Å². The lowest BCUT2D eigenvalue weighted by Crippen LogP contribution is -2.43. The van der Waals surface area contributed by atoms with Gasteiger partial charge in [-0.3, -0.25) is 9.59 Å². The van der Waals surface area contributed by atoms with Crippen molar-refractivity contribution in [2.24, 2.45) is 5.92 Å². The van der Waals surface area contributed by atoms with Crippen LogP contribution >= 0.6 is 0 Å². The van der Waals surface area contributed by atoms with Gasteiger partial charge in [0.15, 0.2) is 0 Å². The third kappa shape index (κ3) is 4.42. The normalized spacial score (nSPS) is 16.8. The average Bonchev–Trinajstić information content (AvgIpc) is 2.22. The lowest BCUT2D eigenvalue weighted by Gasteiger charge is -2.25. The summed E-state index contributed by atoms with van der Waals surface area (Å²) in [5.41, 5.74) is 0. The van der Waals surface area contributed by atoms with Gasteiger partial charge in [-0.05, 0) is 18.8 Å². The van der Waals surface area contributed by atoms with Gasteiger partial charge < -0.3 is 15.2 Å². The Morgan fingerprint density at radius 3 is 2.47 bits per heavy atom. The molecule has 17 heavy (non-hydrogen) atoms. The van der Waals surface area contributed by atoms with Gasteiger partial charge in [-0.1, -0.05) is 6.42 Å². The molecule has 1 rings (SSSR count). The van der Waals surface area contributed by atoms with Crippen LogP contribution in [0.2, 0.25) is 0 Å². The molecule has 1 aliphatic rings. The smallest absolute Gasteiger partial charge is 0.326 e. The number of carbonyl (C=O) groups is 3. The first-order chi connectivity index (χ1) is 8.02. The molecule has 2 N–H and O–H groups in total. The minimum absolute atomic E-state index is 0.314. The third-order valence-electron chi connectivity index (χ3n) is 2.93. The van der Waals surface area contributed by atoms with E-state index in [0.717, 1.165) is 19.3 Å². The maximum atomic E-state index is 11.5. The zero-order valence-electron chi connectivity index (χ0n) is 9.77. The number of carbonyl (C=O) groups excluding carboxylic acids is 2. The van der Waals surface area contributed by atoms with Crippen molar-refractivity contribution in [1.29, 1.82) is 0 Å². The van der Waals surface area contributed by atoms with E-state index in [0.29, 0.717) is 12.3 Å². The van der Waals surface area contributed by atoms with Crippen LogP contribution in [0.15, 0.2) is 0 Å². The SMILES string of the molecule is COC(=O)C[C@H](NC(=O)CC1CCC1)C(=O)O. The molecular weight excluding hydrogens is 226 g/mol. The number of hydrogen-bond donors (Lipinski definition) is 2. The van der Waals surface area contributed by atoms with Crippen LogP contribution in [0.5, 0.6) is 0 Å². The molecule has 0 aliphatic heterocycles. The number of amides is 1. The molecule has 96 valence electrons. The van der Waals surface area contributed by atoms with E-state index in [9.17, 15) is 14.4 Å². The van der Waals surface area contributed by atoms with Crippen LogP contribution in [-0.4, -0.2) is 36.1 Å². The maximum Gasteiger partial charge on any atom is 0.326 e. The summed E-state index contributed by atoms with van der Waals surface area (Å²) in [5, 5.41) is 11.2. The molecule has 1 fully saturated rings. The number of hydrogen-bond acceptors (Lipinski definition) is 4. The molecule has 0 aromatic heterocycles. The van der Waals surface area contributed by atoms with Crippen molar-refractivity contribution >= 4 is 17.8 Å². The van der Waals surface area contributed by atoms with E-state index in [1.807, 2.05) is 0 Å². The summed E-state index contributed by atoms with van der Waals surface area (Å²) in [7, 11) is 1.18. The maximum absolute atomic E-state index is 11.5. The molecule has 1 saturated carbocycles. The van der Waals surface area contributed by atoms with Crippen molar-refractivity contribution in [3.63, 3.8) is 0 Å². The number of carboxylic acid groups (broad SMARTS) is 1. The molecule has 0 aromatic carbocycles. The molecule has 1 amide bonds. The minimum Gasteiger partial charge on any atom is -0.480 e. The summed E-state index contributed by atoms with van der Waals surface area (Å²) < 4.78 is 4.37. The Balaban J connectivity index is 2.39. The van der Waals surface area contributed by atoms with Gasteiger partial charge in [0.2, 0.25) is 5.91 Å². The molecule has 0 spiro atoms. The number of esters is 1. The summed E-state index contributed by atoms with van der Waals surface area (Å²) in [6.45, 7) is 0. The van der Waals surface area contributed by atoms with Crippen molar-refractivity contribution in [1.82, 2.24) is 5.32 Å². The van der Waals surface area contributed by atoms with E-state index in [2.05, 4.69) is 10.1 Å². The molecule has 0 aromatic rings. The van der Waals surface area contributed by atoms with Crippen molar-refractivity contribution in [3.05, 3.63) is 0 Å². The molecule has 0 unspecified atom stereocenters. The van der Waals surface area contributed by atoms with Crippen LogP contribution in [0.4, 0.5) is 0 Å². The molecule has 0 radical (unpaired) electrons. The number of methoxy groups -OCH3 is 1. The van der Waals surface area contributed by atoms with E-state index in [1.165, 1.54) is 7.11 Å². The van der Waals surface area contributed by atoms with Crippen LogP contribution in [-0.2, 0) is 19.1 Å². The largest absolute Gasteiger partial charge is 0.480 e. The monoisotopic (exact) mass is 243 g/mol. The Bertz CT molecular complexity index is 311. The molecule has 6 nitrogen and oxygen atoms in total. The second-order valence-corrected chi connectivity index (χ2v) is 4.24. The highest BCUT2D eigenvalue weighted by Gasteiger charge is 2.26. The number of carboxylic acids is 1. The molecular formula is C11H17NO5. The Morgan fingerprint density at radius 2 is 2.06 bits per heavy atom. The van der Waals surface area contributed by atoms with Crippen molar-refractivity contribution in [3.8, 4) is 0 Å². The lowest BCUT2D eigenvalue weighted by atomic mass is 9.83. The number of nitrogens with one attached hydrogen (secondary N) is 1. The standard InChI is InChI=1S/C11H17NO5/c1-17-10(14)6-8(11(15)16)12-9(13)5-7-3-2-4-7/h7-8H,2-6H2,1H3,(H,12,13)(H,15,16)/t8-/m0/s1. The van der Waals surface area contributed by atoms with Gasteiger partial charge in [0.1, 0.15) is 6.04 Å². The summed E-state index contributed by atoms with van der Waals surface area (Å²) >= 11 is 0. The Kier molecular flexibility index (Phi) is 4.93. The van der Waals surface area contributed by atoms with E-state index < -0.39 is 18.0 Å². The number of aliphatic carboxylic acids is 1. The summed E-state index contributed by atoms with van der Waals surface area (Å²) in [6, 6.07) is -1.20. The highest BCUT2D eigenvalue weighted by molar-refractivity contribution is 5.87. The van der Waals surface area contributed by atoms with Gasteiger partial charge in [-0.25, -0.2) is 4.79 Å². The van der Waals surface area contributed by atoms with Gasteiger partial charge in [0, 0.05) is 6.42 Å². The van der Waals surface area contributed by atoms with Gasteiger partial charge in [-0.2, -0.15) is 0 Å². The van der Waals surface area contributed by atoms with Crippen LogP contribution in [0, 0.1) is 5.92 Å². The van der Waals surface area contributed by atoms with Crippen molar-refractivity contribution < 1.29 is 24.2 Å². The topological polar surface area (TPSA) is 92.7 Å². The highest BCUT2D eigenvalue weighted by Crippen LogP contribution is 2.29. The third-order valence-corrected chi connectivity index (χ3v) is 2.93. The first kappa shape index (κ1) is 13.5. The predicted molar refractivity (Wildman–Crippen MR) is 58.2 cm³/mol. The predicted octanol–water partition coefficient (Wildman–Crippen LogP) is 0.309.